The molecular formula is C32H50N2OS. The molecule has 5 rings (SSSR count). The summed E-state index contributed by atoms with van der Waals surface area (Å²) in [4.78, 5) is 13.4. The molecule has 1 aromatic rings. The highest BCUT2D eigenvalue weighted by molar-refractivity contribution is 7.98. The first kappa shape index (κ1) is 26.4. The van der Waals surface area contributed by atoms with Crippen LogP contribution in [0.3, 0.4) is 0 Å². The molecule has 1 aromatic carbocycles. The second-order valence-corrected chi connectivity index (χ2v) is 14.3. The summed E-state index contributed by atoms with van der Waals surface area (Å²) in [6.07, 6.45) is 17.0. The van der Waals surface area contributed by atoms with Crippen molar-refractivity contribution >= 4 is 18.0 Å². The number of rotatable bonds is 7. The van der Waals surface area contributed by atoms with E-state index in [4.69, 9.17) is 0 Å². The van der Waals surface area contributed by atoms with Crippen molar-refractivity contribution < 1.29 is 4.79 Å². The van der Waals surface area contributed by atoms with Gasteiger partial charge in [0.15, 0.2) is 0 Å². The number of hydrogen-bond donors (Lipinski definition) is 2. The molecule has 0 heterocycles. The Balaban J connectivity index is 1.13. The van der Waals surface area contributed by atoms with E-state index in [9.17, 15) is 4.79 Å². The van der Waals surface area contributed by atoms with E-state index in [0.29, 0.717) is 10.8 Å². The lowest BCUT2D eigenvalue weighted by Crippen LogP contribution is -2.55. The summed E-state index contributed by atoms with van der Waals surface area (Å²) in [6, 6.07) is 8.17. The number of urea groups is 1. The Morgan fingerprint density at radius 2 is 1.86 bits per heavy atom. The molecule has 4 heteroatoms. The Labute approximate surface area is 224 Å². The predicted octanol–water partition coefficient (Wildman–Crippen LogP) is 8.77. The van der Waals surface area contributed by atoms with E-state index in [1.165, 1.54) is 88.1 Å². The van der Waals surface area contributed by atoms with E-state index in [-0.39, 0.29) is 6.03 Å². The molecule has 200 valence electrons. The van der Waals surface area contributed by atoms with Crippen LogP contribution in [0.4, 0.5) is 4.79 Å². The lowest BCUT2D eigenvalue weighted by Gasteiger charge is -2.62. The molecule has 0 aromatic heterocycles. The van der Waals surface area contributed by atoms with Gasteiger partial charge in [-0.3, -0.25) is 4.72 Å². The van der Waals surface area contributed by atoms with Gasteiger partial charge in [0.1, 0.15) is 0 Å². The molecule has 0 radical (unpaired) electrons. The lowest BCUT2D eigenvalue weighted by atomic mass is 9.42. The van der Waals surface area contributed by atoms with Crippen molar-refractivity contribution in [2.24, 2.45) is 46.3 Å². The third kappa shape index (κ3) is 4.97. The zero-order chi connectivity index (χ0) is 25.3. The summed E-state index contributed by atoms with van der Waals surface area (Å²) >= 11 is 1.40. The van der Waals surface area contributed by atoms with Crippen LogP contribution in [-0.4, -0.2) is 12.6 Å². The maximum absolute atomic E-state index is 12.3. The number of nitrogens with one attached hydrogen (secondary N) is 2. The molecule has 4 aliphatic rings. The number of amides is 2. The minimum atomic E-state index is -0.0689. The first-order chi connectivity index (χ1) is 17.3. The zero-order valence-electron chi connectivity index (χ0n) is 23.3. The third-order valence-corrected chi connectivity index (χ3v) is 12.5. The van der Waals surface area contributed by atoms with Crippen LogP contribution in [0.15, 0.2) is 29.2 Å². The van der Waals surface area contributed by atoms with Crippen molar-refractivity contribution in [3.8, 4) is 0 Å². The minimum absolute atomic E-state index is 0.0689. The van der Waals surface area contributed by atoms with Crippen molar-refractivity contribution in [1.29, 1.82) is 0 Å². The van der Waals surface area contributed by atoms with Crippen molar-refractivity contribution in [3.63, 3.8) is 0 Å². The van der Waals surface area contributed by atoms with Crippen LogP contribution in [0.2, 0.25) is 0 Å². The topological polar surface area (TPSA) is 41.1 Å². The van der Waals surface area contributed by atoms with E-state index in [2.05, 4.69) is 49.9 Å². The van der Waals surface area contributed by atoms with Gasteiger partial charge in [0, 0.05) is 11.4 Å². The molecule has 4 aliphatic carbocycles. The molecule has 2 N–H and O–H groups in total. The molecule has 0 spiro atoms. The highest BCUT2D eigenvalue weighted by Gasteiger charge is 2.60. The molecule has 0 aliphatic heterocycles. The van der Waals surface area contributed by atoms with Gasteiger partial charge in [-0.2, -0.15) is 0 Å². The van der Waals surface area contributed by atoms with Crippen LogP contribution in [-0.2, 0) is 0 Å². The number of hydrogen-bond acceptors (Lipinski definition) is 2. The number of aryl methyl sites for hydroxylation is 1. The van der Waals surface area contributed by atoms with Crippen molar-refractivity contribution in [1.82, 2.24) is 10.0 Å². The second kappa shape index (κ2) is 10.9. The molecule has 0 bridgehead atoms. The van der Waals surface area contributed by atoms with E-state index < -0.39 is 0 Å². The molecule has 2 amide bonds. The number of benzene rings is 1. The summed E-state index contributed by atoms with van der Waals surface area (Å²) in [6.45, 7) is 10.7. The van der Waals surface area contributed by atoms with Crippen molar-refractivity contribution in [2.75, 3.05) is 6.54 Å². The standard InChI is InChI=1S/C32H50N2OS/c1-5-23-21-26-28-15-14-24(11-9-19-33-30(35)34-36-25-12-8-10-22(2)20-25)31(28,3)18-16-29(26)32(4)17-7-6-13-27(23)32/h8,10,12,20,23-24,26-29H,5-7,9,11,13-19,21H2,1-4H3,(H2,33,34,35)/t23-,24?,26?,27?,28?,29-,31?,32?/m0/s1. The fourth-order valence-electron chi connectivity index (χ4n) is 9.97. The van der Waals surface area contributed by atoms with E-state index in [0.717, 1.165) is 53.4 Å². The third-order valence-electron chi connectivity index (χ3n) is 11.7. The van der Waals surface area contributed by atoms with Crippen molar-refractivity contribution in [3.05, 3.63) is 29.8 Å². The lowest BCUT2D eigenvalue weighted by molar-refractivity contribution is -0.135. The minimum Gasteiger partial charge on any atom is -0.337 e. The van der Waals surface area contributed by atoms with Gasteiger partial charge in [0.25, 0.3) is 0 Å². The highest BCUT2D eigenvalue weighted by atomic mass is 32.2. The smallest absolute Gasteiger partial charge is 0.325 e. The summed E-state index contributed by atoms with van der Waals surface area (Å²) in [5.74, 6) is 5.71. The summed E-state index contributed by atoms with van der Waals surface area (Å²) in [5.41, 5.74) is 2.36. The Morgan fingerprint density at radius 3 is 2.67 bits per heavy atom. The largest absolute Gasteiger partial charge is 0.337 e. The molecule has 4 fully saturated rings. The quantitative estimate of drug-likeness (QED) is 0.284. The molecule has 0 saturated heterocycles. The summed E-state index contributed by atoms with van der Waals surface area (Å²) in [7, 11) is 0. The number of carbonyl (C=O) groups is 1. The molecule has 4 saturated carbocycles. The van der Waals surface area contributed by atoms with Gasteiger partial charge < -0.3 is 5.32 Å². The Hall–Kier alpha value is -1.16. The van der Waals surface area contributed by atoms with Crippen LogP contribution >= 0.6 is 11.9 Å². The van der Waals surface area contributed by atoms with Gasteiger partial charge in [-0.15, -0.1) is 0 Å². The van der Waals surface area contributed by atoms with Gasteiger partial charge >= 0.3 is 6.03 Å². The fraction of sp³-hybridized carbons (Fsp3) is 0.781. The first-order valence-corrected chi connectivity index (χ1v) is 15.9. The average Bonchev–Trinajstić information content (AvgIpc) is 3.21. The fourth-order valence-corrected chi connectivity index (χ4v) is 10.6. The van der Waals surface area contributed by atoms with E-state index >= 15 is 0 Å². The monoisotopic (exact) mass is 510 g/mol. The van der Waals surface area contributed by atoms with E-state index in [1.54, 1.807) is 0 Å². The van der Waals surface area contributed by atoms with Crippen LogP contribution < -0.4 is 10.0 Å². The average molecular weight is 511 g/mol. The van der Waals surface area contributed by atoms with Gasteiger partial charge in [-0.05, 0) is 141 Å². The molecular weight excluding hydrogens is 460 g/mol. The molecule has 6 unspecified atom stereocenters. The molecule has 3 nitrogen and oxygen atoms in total. The predicted molar refractivity (Wildman–Crippen MR) is 152 cm³/mol. The first-order valence-electron chi connectivity index (χ1n) is 15.1. The van der Waals surface area contributed by atoms with Crippen LogP contribution in [0.1, 0.15) is 103 Å². The second-order valence-electron chi connectivity index (χ2n) is 13.4. The Morgan fingerprint density at radius 1 is 1.03 bits per heavy atom. The molecule has 8 atom stereocenters. The number of carbonyl (C=O) groups excluding carboxylic acids is 1. The maximum Gasteiger partial charge on any atom is 0.325 e. The molecule has 36 heavy (non-hydrogen) atoms. The van der Waals surface area contributed by atoms with Crippen LogP contribution in [0, 0.1) is 53.3 Å². The maximum atomic E-state index is 12.3. The van der Waals surface area contributed by atoms with E-state index in [1.807, 2.05) is 12.1 Å². The zero-order valence-corrected chi connectivity index (χ0v) is 24.1. The SMILES string of the molecule is CC[C@H]1CC2C3CCC(CCCNC(=O)NSc4cccc(C)c4)C3(C)CC[C@@H]2C2(C)CCCCC12. The van der Waals surface area contributed by atoms with Crippen LogP contribution in [0.5, 0.6) is 0 Å². The highest BCUT2D eigenvalue weighted by Crippen LogP contribution is 2.69. The van der Waals surface area contributed by atoms with Gasteiger partial charge in [0.05, 0.1) is 0 Å². The normalized spacial score (nSPS) is 39.6. The van der Waals surface area contributed by atoms with Gasteiger partial charge in [-0.25, -0.2) is 4.79 Å². The van der Waals surface area contributed by atoms with Crippen LogP contribution in [0.25, 0.3) is 0 Å². The number of fused-ring (bicyclic) bond motifs is 5. The Bertz CT molecular complexity index is 919. The van der Waals surface area contributed by atoms with Gasteiger partial charge in [-0.1, -0.05) is 52.2 Å². The summed E-state index contributed by atoms with van der Waals surface area (Å²) < 4.78 is 2.94. The van der Waals surface area contributed by atoms with Crippen molar-refractivity contribution in [2.45, 2.75) is 110 Å². The van der Waals surface area contributed by atoms with Gasteiger partial charge in [0.2, 0.25) is 0 Å². The summed E-state index contributed by atoms with van der Waals surface area (Å²) in [5, 5.41) is 3.10. The Kier molecular flexibility index (Phi) is 8.01.